The number of anilines is 1. The van der Waals surface area contributed by atoms with Crippen LogP contribution in [-0.2, 0) is 42.5 Å². The van der Waals surface area contributed by atoms with Gasteiger partial charge < -0.3 is 8.86 Å². The van der Waals surface area contributed by atoms with E-state index in [1.165, 1.54) is 24.6 Å². The molecule has 0 bridgehead atoms. The topological polar surface area (TPSA) is 154 Å². The Morgan fingerprint density at radius 3 is 2.05 bits per heavy atom. The number of benzene rings is 1. The van der Waals surface area contributed by atoms with E-state index < -0.39 is 37.2 Å². The maximum atomic E-state index is 11.8. The molecule has 0 unspecified atom stereocenters. The Bertz CT molecular complexity index is 1420. The van der Waals surface area contributed by atoms with Gasteiger partial charge in [-0.15, -0.1) is 0 Å². The zero-order valence-electron chi connectivity index (χ0n) is 23.3. The maximum Gasteiger partial charge on any atom is 0.480 e. The molecular formula is C25H30F6N4O7S2. The lowest BCUT2D eigenvalue weighted by Crippen LogP contribution is -2.37. The van der Waals surface area contributed by atoms with Gasteiger partial charge in [0, 0.05) is 30.7 Å². The fourth-order valence-corrected chi connectivity index (χ4v) is 4.97. The minimum atomic E-state index is -6.72. The Kier molecular flexibility index (Phi) is 15.5. The number of carbonyl (C=O) groups excluding carboxylic acids is 2. The summed E-state index contributed by atoms with van der Waals surface area (Å²) in [6, 6.07) is 13.0. The van der Waals surface area contributed by atoms with Gasteiger partial charge in [0.2, 0.25) is 6.08 Å². The largest absolute Gasteiger partial charge is 0.480 e. The number of carbonyl (C=O) groups is 1. The number of amides is 1. The summed E-state index contributed by atoms with van der Waals surface area (Å²) in [5.74, 6) is 0. The average molecular weight is 677 g/mol. The normalized spacial score (nSPS) is 12.0. The molecule has 1 amide bonds. The number of aromatic nitrogens is 1. The summed E-state index contributed by atoms with van der Waals surface area (Å²) in [6.45, 7) is 3.65. The number of isocyanates is 1. The molecule has 1 heterocycles. The number of hydrogen-bond acceptors (Lipinski definition) is 8. The number of nitrogens with one attached hydrogen (secondary N) is 1. The van der Waals surface area contributed by atoms with Gasteiger partial charge in [-0.1, -0.05) is 19.4 Å². The second-order valence-electron chi connectivity index (χ2n) is 8.83. The van der Waals surface area contributed by atoms with Crippen molar-refractivity contribution in [2.45, 2.75) is 69.4 Å². The van der Waals surface area contributed by atoms with Gasteiger partial charge in [0.25, 0.3) is 0 Å². The SMILES string of the molecule is CCCCc1cccc[n+]1CCCCCCOC(=O)Nc1ccc(N=C=O)cc1.O=S(=O)([N-]S(=O)(=O)C(F)(F)F)C(F)(F)F. The van der Waals surface area contributed by atoms with Gasteiger partial charge in [0.05, 0.1) is 12.3 Å². The van der Waals surface area contributed by atoms with Crippen molar-refractivity contribution in [3.63, 3.8) is 0 Å². The second kappa shape index (κ2) is 17.7. The van der Waals surface area contributed by atoms with E-state index >= 15 is 0 Å². The van der Waals surface area contributed by atoms with Crippen LogP contribution in [0.2, 0.25) is 0 Å². The van der Waals surface area contributed by atoms with Crippen LogP contribution >= 0.6 is 0 Å². The van der Waals surface area contributed by atoms with Crippen molar-refractivity contribution in [3.8, 4) is 0 Å². The Morgan fingerprint density at radius 2 is 1.50 bits per heavy atom. The third-order valence-electron chi connectivity index (χ3n) is 5.42. The highest BCUT2D eigenvalue weighted by atomic mass is 32.3. The van der Waals surface area contributed by atoms with Crippen molar-refractivity contribution >= 4 is 43.6 Å². The van der Waals surface area contributed by atoms with Crippen LogP contribution in [0, 0.1) is 0 Å². The Balaban J connectivity index is 0.000000546. The van der Waals surface area contributed by atoms with E-state index in [0.29, 0.717) is 18.0 Å². The number of aryl methyl sites for hydroxylation is 2. The van der Waals surface area contributed by atoms with Gasteiger partial charge in [-0.3, -0.25) is 5.32 Å². The van der Waals surface area contributed by atoms with Crippen LogP contribution in [0.5, 0.6) is 0 Å². The predicted molar refractivity (Wildman–Crippen MR) is 146 cm³/mol. The highest BCUT2D eigenvalue weighted by Gasteiger charge is 2.46. The van der Waals surface area contributed by atoms with Crippen LogP contribution in [-0.4, -0.2) is 46.6 Å². The van der Waals surface area contributed by atoms with Gasteiger partial charge in [0.15, 0.2) is 31.9 Å². The summed E-state index contributed by atoms with van der Waals surface area (Å²) in [5.41, 5.74) is -9.92. The fraction of sp³-hybridized carbons (Fsp3) is 0.480. The molecule has 0 radical (unpaired) electrons. The van der Waals surface area contributed by atoms with Crippen LogP contribution in [0.3, 0.4) is 0 Å². The fourth-order valence-electron chi connectivity index (χ4n) is 3.26. The highest BCUT2D eigenvalue weighted by molar-refractivity contribution is 8.13. The lowest BCUT2D eigenvalue weighted by molar-refractivity contribution is -0.704. The number of alkyl halides is 6. The molecule has 19 heteroatoms. The Hall–Kier alpha value is -3.54. The summed E-state index contributed by atoms with van der Waals surface area (Å²) in [7, 11) is -13.4. The van der Waals surface area contributed by atoms with Gasteiger partial charge >= 0.3 is 17.1 Å². The quantitative estimate of drug-likeness (QED) is 0.0828. The molecule has 1 aromatic heterocycles. The molecule has 11 nitrogen and oxygen atoms in total. The van der Waals surface area contributed by atoms with E-state index in [1.54, 1.807) is 24.3 Å². The molecule has 0 aliphatic rings. The van der Waals surface area contributed by atoms with Gasteiger partial charge in [-0.2, -0.15) is 31.3 Å². The van der Waals surface area contributed by atoms with E-state index in [4.69, 9.17) is 4.74 Å². The summed E-state index contributed by atoms with van der Waals surface area (Å²) >= 11 is 0. The van der Waals surface area contributed by atoms with E-state index in [1.807, 2.05) is 0 Å². The number of pyridine rings is 1. The number of ether oxygens (including phenoxy) is 1. The minimum absolute atomic E-state index is 0.402. The number of aliphatic imine (C=N–C) groups is 1. The summed E-state index contributed by atoms with van der Waals surface area (Å²) in [5, 5.41) is 2.65. The molecule has 0 spiro atoms. The number of halogens is 6. The molecule has 2 rings (SSSR count). The van der Waals surface area contributed by atoms with Crippen LogP contribution in [0.1, 0.15) is 51.1 Å². The lowest BCUT2D eigenvalue weighted by atomic mass is 10.1. The molecule has 0 aliphatic heterocycles. The van der Waals surface area contributed by atoms with Gasteiger partial charge in [-0.25, -0.2) is 31.0 Å². The smallest absolute Gasteiger partial charge is 0.449 e. The van der Waals surface area contributed by atoms with Crippen LogP contribution in [0.4, 0.5) is 42.5 Å². The molecule has 0 atom stereocenters. The molecule has 246 valence electrons. The monoisotopic (exact) mass is 676 g/mol. The third-order valence-corrected chi connectivity index (χ3v) is 8.16. The summed E-state index contributed by atoms with van der Waals surface area (Å²) < 4.78 is 117. The van der Waals surface area contributed by atoms with Crippen molar-refractivity contribution < 1.29 is 62.1 Å². The van der Waals surface area contributed by atoms with E-state index in [9.17, 15) is 52.8 Å². The predicted octanol–water partition coefficient (Wildman–Crippen LogP) is 6.15. The van der Waals surface area contributed by atoms with E-state index in [0.717, 1.165) is 42.8 Å². The second-order valence-corrected chi connectivity index (χ2v) is 12.3. The van der Waals surface area contributed by atoms with Crippen LogP contribution < -0.4 is 9.88 Å². The van der Waals surface area contributed by atoms with Crippen molar-refractivity contribution in [1.29, 1.82) is 0 Å². The highest BCUT2D eigenvalue weighted by Crippen LogP contribution is 2.36. The zero-order valence-corrected chi connectivity index (χ0v) is 24.9. The van der Waals surface area contributed by atoms with Crippen LogP contribution in [0.25, 0.3) is 4.13 Å². The molecule has 0 saturated heterocycles. The van der Waals surface area contributed by atoms with Gasteiger partial charge in [-0.05, 0) is 49.9 Å². The molecule has 2 aromatic rings. The first-order valence-electron chi connectivity index (χ1n) is 12.9. The van der Waals surface area contributed by atoms with Crippen LogP contribution in [0.15, 0.2) is 53.7 Å². The Morgan fingerprint density at radius 1 is 0.909 bits per heavy atom. The first kappa shape index (κ1) is 38.5. The molecule has 0 fully saturated rings. The molecule has 44 heavy (non-hydrogen) atoms. The number of sulfonamides is 2. The van der Waals surface area contributed by atoms with Gasteiger partial charge in [0.1, 0.15) is 6.54 Å². The molecule has 1 aromatic carbocycles. The van der Waals surface area contributed by atoms with Crippen molar-refractivity contribution in [2.75, 3.05) is 11.9 Å². The number of hydrogen-bond donors (Lipinski definition) is 1. The first-order chi connectivity index (χ1) is 20.4. The van der Waals surface area contributed by atoms with E-state index in [2.05, 4.69) is 46.2 Å². The van der Waals surface area contributed by atoms with Crippen molar-refractivity contribution in [1.82, 2.24) is 0 Å². The number of rotatable bonds is 14. The summed E-state index contributed by atoms with van der Waals surface area (Å²) in [4.78, 5) is 25.5. The zero-order chi connectivity index (χ0) is 33.4. The molecule has 0 aliphatic carbocycles. The number of nitrogens with zero attached hydrogens (tertiary/aromatic N) is 3. The maximum absolute atomic E-state index is 11.8. The standard InChI is InChI=1S/C23H29N3O3.C2F6NO4S2/c1-2-3-10-22-11-6-8-17-26(22)16-7-4-5-9-18-29-23(28)25-21-14-12-20(13-15-21)24-19-27;3-1(4,5)14(10,11)9-15(12,13)2(6,7)8/h6,8,11-15,17H,2-5,7,9-10,16,18H2,1H3;/q;-1/p+1. The van der Waals surface area contributed by atoms with Crippen molar-refractivity contribution in [2.24, 2.45) is 4.99 Å². The number of unbranched alkanes of at least 4 members (excludes halogenated alkanes) is 4. The minimum Gasteiger partial charge on any atom is -0.449 e. The molecule has 0 saturated carbocycles. The Labute approximate surface area is 250 Å². The van der Waals surface area contributed by atoms with Crippen molar-refractivity contribution in [3.05, 3.63) is 58.5 Å². The summed E-state index contributed by atoms with van der Waals surface area (Å²) in [6.07, 6.45) is 10.8. The first-order valence-corrected chi connectivity index (χ1v) is 15.8. The lowest BCUT2D eigenvalue weighted by Gasteiger charge is -2.22. The molecule has 1 N–H and O–H groups in total. The third kappa shape index (κ3) is 13.8. The average Bonchev–Trinajstić information content (AvgIpc) is 2.92. The van der Waals surface area contributed by atoms with E-state index in [-0.39, 0.29) is 0 Å². The molecular weight excluding hydrogens is 646 g/mol.